The van der Waals surface area contributed by atoms with Gasteiger partial charge in [-0.05, 0) is 91.6 Å². The van der Waals surface area contributed by atoms with Crippen molar-refractivity contribution in [2.75, 3.05) is 14.2 Å². The summed E-state index contributed by atoms with van der Waals surface area (Å²) >= 11 is 0. The van der Waals surface area contributed by atoms with Gasteiger partial charge in [0.2, 0.25) is 0 Å². The smallest absolute Gasteiger partial charge is 0.338 e. The molecule has 0 bridgehead atoms. The minimum Gasteiger partial charge on any atom is -0.497 e. The lowest BCUT2D eigenvalue weighted by Crippen LogP contribution is -2.45. The number of aryl methyl sites for hydroxylation is 1. The SMILES string of the molecule is COc1ccc([C@@H]2OC(=O)[C@H]([C@@H](O)C[C@H](C)Cc3c(C)c(C)cc([N+](=O)[O-])c3C)O[C@H]2c2ccc(OC)cc2)cc1. The lowest BCUT2D eigenvalue weighted by molar-refractivity contribution is -0.385. The molecule has 0 unspecified atom stereocenters. The molecule has 3 aromatic rings. The van der Waals surface area contributed by atoms with E-state index in [-0.39, 0.29) is 22.9 Å². The van der Waals surface area contributed by atoms with Crippen LogP contribution in [0.4, 0.5) is 5.69 Å². The van der Waals surface area contributed by atoms with Gasteiger partial charge in [-0.1, -0.05) is 31.2 Å². The highest BCUT2D eigenvalue weighted by Crippen LogP contribution is 2.42. The lowest BCUT2D eigenvalue weighted by Gasteiger charge is -2.38. The average Bonchev–Trinajstić information content (AvgIpc) is 2.96. The molecule has 41 heavy (non-hydrogen) atoms. The van der Waals surface area contributed by atoms with Crippen molar-refractivity contribution >= 4 is 11.7 Å². The molecule has 218 valence electrons. The number of cyclic esters (lactones) is 1. The summed E-state index contributed by atoms with van der Waals surface area (Å²) in [6, 6.07) is 16.1. The van der Waals surface area contributed by atoms with Crippen LogP contribution in [0, 0.1) is 36.8 Å². The zero-order chi connectivity index (χ0) is 29.8. The molecule has 0 saturated carbocycles. The number of rotatable bonds is 10. The van der Waals surface area contributed by atoms with Crippen LogP contribution >= 0.6 is 0 Å². The normalized spacial score (nSPS) is 20.2. The first-order valence-electron chi connectivity index (χ1n) is 13.6. The molecule has 5 atom stereocenters. The summed E-state index contributed by atoms with van der Waals surface area (Å²) in [6.45, 7) is 7.51. The Morgan fingerprint density at radius 3 is 1.98 bits per heavy atom. The van der Waals surface area contributed by atoms with Gasteiger partial charge in [-0.3, -0.25) is 10.1 Å². The summed E-state index contributed by atoms with van der Waals surface area (Å²) in [6.07, 6.45) is -3.01. The number of aliphatic hydroxyl groups excluding tert-OH is 1. The molecule has 0 radical (unpaired) electrons. The molecule has 1 heterocycles. The molecule has 1 N–H and O–H groups in total. The third-order valence-corrected chi connectivity index (χ3v) is 7.91. The second-order valence-electron chi connectivity index (χ2n) is 10.7. The van der Waals surface area contributed by atoms with Crippen LogP contribution in [-0.4, -0.2) is 42.4 Å². The van der Waals surface area contributed by atoms with Crippen LogP contribution in [-0.2, 0) is 20.7 Å². The minimum atomic E-state index is -1.20. The van der Waals surface area contributed by atoms with E-state index in [0.717, 1.165) is 27.8 Å². The number of carbonyl (C=O) groups is 1. The van der Waals surface area contributed by atoms with E-state index in [4.69, 9.17) is 18.9 Å². The van der Waals surface area contributed by atoms with Crippen molar-refractivity contribution in [2.45, 2.75) is 65.0 Å². The van der Waals surface area contributed by atoms with E-state index in [2.05, 4.69) is 0 Å². The summed E-state index contributed by atoms with van der Waals surface area (Å²) < 4.78 is 22.8. The number of aliphatic hydroxyl groups is 1. The van der Waals surface area contributed by atoms with Crippen LogP contribution in [0.15, 0.2) is 54.6 Å². The van der Waals surface area contributed by atoms with Crippen LogP contribution in [0.25, 0.3) is 0 Å². The van der Waals surface area contributed by atoms with E-state index >= 15 is 0 Å². The molecule has 9 heteroatoms. The van der Waals surface area contributed by atoms with Gasteiger partial charge in [0, 0.05) is 11.6 Å². The van der Waals surface area contributed by atoms with Gasteiger partial charge >= 0.3 is 5.97 Å². The maximum Gasteiger partial charge on any atom is 0.338 e. The molecule has 0 aromatic heterocycles. The van der Waals surface area contributed by atoms with Crippen molar-refractivity contribution < 1.29 is 33.8 Å². The highest BCUT2D eigenvalue weighted by Gasteiger charge is 2.43. The van der Waals surface area contributed by atoms with Gasteiger partial charge in [-0.2, -0.15) is 0 Å². The number of ether oxygens (including phenoxy) is 4. The average molecular weight is 564 g/mol. The lowest BCUT2D eigenvalue weighted by atomic mass is 9.87. The number of nitro groups is 1. The van der Waals surface area contributed by atoms with Crippen LogP contribution in [0.1, 0.15) is 58.9 Å². The van der Waals surface area contributed by atoms with E-state index in [9.17, 15) is 20.0 Å². The van der Waals surface area contributed by atoms with Crippen molar-refractivity contribution in [3.05, 3.63) is 98.1 Å². The molecule has 0 aliphatic carbocycles. The van der Waals surface area contributed by atoms with Crippen molar-refractivity contribution in [2.24, 2.45) is 5.92 Å². The topological polar surface area (TPSA) is 117 Å². The highest BCUT2D eigenvalue weighted by atomic mass is 16.6. The number of hydrogen-bond donors (Lipinski definition) is 1. The van der Waals surface area contributed by atoms with E-state index in [0.29, 0.717) is 23.5 Å². The summed E-state index contributed by atoms with van der Waals surface area (Å²) in [5.74, 6) is 0.604. The monoisotopic (exact) mass is 563 g/mol. The van der Waals surface area contributed by atoms with Crippen LogP contribution in [0.2, 0.25) is 0 Å². The van der Waals surface area contributed by atoms with Gasteiger partial charge in [-0.15, -0.1) is 0 Å². The molecule has 1 aliphatic rings. The molecule has 4 rings (SSSR count). The molecule has 1 fully saturated rings. The number of methoxy groups -OCH3 is 2. The van der Waals surface area contributed by atoms with Gasteiger partial charge in [0.1, 0.15) is 17.6 Å². The fourth-order valence-electron chi connectivity index (χ4n) is 5.43. The van der Waals surface area contributed by atoms with E-state index in [1.807, 2.05) is 45.0 Å². The number of nitro benzene ring substituents is 1. The Labute approximate surface area is 240 Å². The first kappa shape index (κ1) is 30.0. The van der Waals surface area contributed by atoms with Gasteiger partial charge < -0.3 is 24.1 Å². The van der Waals surface area contributed by atoms with Gasteiger partial charge in [-0.25, -0.2) is 4.79 Å². The Kier molecular flexibility index (Phi) is 9.30. The Bertz CT molecular complexity index is 1390. The highest BCUT2D eigenvalue weighted by molar-refractivity contribution is 5.76. The van der Waals surface area contributed by atoms with Crippen molar-refractivity contribution in [3.8, 4) is 11.5 Å². The van der Waals surface area contributed by atoms with Crippen molar-refractivity contribution in [3.63, 3.8) is 0 Å². The molecular weight excluding hydrogens is 526 g/mol. The van der Waals surface area contributed by atoms with E-state index in [1.54, 1.807) is 51.5 Å². The number of hydrogen-bond acceptors (Lipinski definition) is 8. The van der Waals surface area contributed by atoms with E-state index in [1.165, 1.54) is 0 Å². The summed E-state index contributed by atoms with van der Waals surface area (Å²) in [4.78, 5) is 24.4. The van der Waals surface area contributed by atoms with Gasteiger partial charge in [0.25, 0.3) is 5.69 Å². The fourth-order valence-corrected chi connectivity index (χ4v) is 5.43. The van der Waals surface area contributed by atoms with Crippen molar-refractivity contribution in [1.82, 2.24) is 0 Å². The fraction of sp³-hybridized carbons (Fsp3) is 0.406. The quantitative estimate of drug-likeness (QED) is 0.184. The predicted octanol–water partition coefficient (Wildman–Crippen LogP) is 5.89. The van der Waals surface area contributed by atoms with Gasteiger partial charge in [0.05, 0.1) is 25.2 Å². The van der Waals surface area contributed by atoms with Crippen LogP contribution < -0.4 is 9.47 Å². The van der Waals surface area contributed by atoms with E-state index < -0.39 is 30.4 Å². The summed E-state index contributed by atoms with van der Waals surface area (Å²) in [5, 5.41) is 22.8. The largest absolute Gasteiger partial charge is 0.497 e. The maximum atomic E-state index is 13.2. The Morgan fingerprint density at radius 1 is 0.927 bits per heavy atom. The second-order valence-corrected chi connectivity index (χ2v) is 10.7. The standard InChI is InChI=1S/C32H37NO8/c1-18(15-26-20(3)19(2)17-27(21(26)4)33(36)37)16-28(34)31-32(35)41-30(23-9-13-25(39-6)14-10-23)29(40-31)22-7-11-24(38-5)12-8-22/h7-14,17-18,28-31,34H,15-16H2,1-6H3/t18-,28+,29+,30+,31+/m1/s1. The predicted molar refractivity (Wildman–Crippen MR) is 153 cm³/mol. The molecule has 9 nitrogen and oxygen atoms in total. The third kappa shape index (κ3) is 6.52. The molecule has 1 saturated heterocycles. The molecule has 0 amide bonds. The molecule has 3 aromatic carbocycles. The van der Waals surface area contributed by atoms with Crippen LogP contribution in [0.3, 0.4) is 0 Å². The number of nitrogens with zero attached hydrogens (tertiary/aromatic N) is 1. The van der Waals surface area contributed by atoms with Crippen molar-refractivity contribution in [1.29, 1.82) is 0 Å². The number of carbonyl (C=O) groups excluding carboxylic acids is 1. The Balaban J connectivity index is 1.56. The molecular formula is C32H37NO8. The Morgan fingerprint density at radius 2 is 1.46 bits per heavy atom. The number of esters is 1. The Hall–Kier alpha value is -3.95. The first-order chi connectivity index (χ1) is 19.5. The summed E-state index contributed by atoms with van der Waals surface area (Å²) in [5.41, 5.74) is 4.92. The first-order valence-corrected chi connectivity index (χ1v) is 13.6. The maximum absolute atomic E-state index is 13.2. The zero-order valence-electron chi connectivity index (χ0n) is 24.2. The third-order valence-electron chi connectivity index (χ3n) is 7.91. The second kappa shape index (κ2) is 12.7. The zero-order valence-corrected chi connectivity index (χ0v) is 24.2. The minimum absolute atomic E-state index is 0.0851. The summed E-state index contributed by atoms with van der Waals surface area (Å²) in [7, 11) is 3.16. The molecule has 0 spiro atoms. The molecule has 1 aliphatic heterocycles. The number of benzene rings is 3. The van der Waals surface area contributed by atoms with Crippen LogP contribution in [0.5, 0.6) is 11.5 Å². The van der Waals surface area contributed by atoms with Gasteiger partial charge in [0.15, 0.2) is 12.2 Å².